The van der Waals surface area contributed by atoms with Crippen molar-refractivity contribution >= 4 is 0 Å². The van der Waals surface area contributed by atoms with Crippen molar-refractivity contribution in [3.63, 3.8) is 0 Å². The molecule has 1 aliphatic rings. The van der Waals surface area contributed by atoms with Crippen LogP contribution in [-0.4, -0.2) is 18.0 Å². The SMILES string of the molecule is C=CC.CCN1CCc2ccc(C(C)C)cc2C1. The highest BCUT2D eigenvalue weighted by atomic mass is 15.1. The summed E-state index contributed by atoms with van der Waals surface area (Å²) in [5.74, 6) is 0.646. The number of hydrogen-bond acceptors (Lipinski definition) is 1. The van der Waals surface area contributed by atoms with Gasteiger partial charge >= 0.3 is 0 Å². The summed E-state index contributed by atoms with van der Waals surface area (Å²) < 4.78 is 0. The maximum Gasteiger partial charge on any atom is 0.0236 e. The Kier molecular flexibility index (Phi) is 6.14. The summed E-state index contributed by atoms with van der Waals surface area (Å²) in [6, 6.07) is 7.03. The first-order chi connectivity index (χ1) is 8.62. The largest absolute Gasteiger partial charge is 0.299 e. The Morgan fingerprint density at radius 3 is 2.56 bits per heavy atom. The highest BCUT2D eigenvalue weighted by Crippen LogP contribution is 2.23. The number of benzene rings is 1. The van der Waals surface area contributed by atoms with Crippen molar-refractivity contribution in [3.05, 3.63) is 47.5 Å². The predicted molar refractivity (Wildman–Crippen MR) is 81.1 cm³/mol. The molecule has 18 heavy (non-hydrogen) atoms. The summed E-state index contributed by atoms with van der Waals surface area (Å²) in [4.78, 5) is 2.52. The van der Waals surface area contributed by atoms with Crippen LogP contribution in [0.3, 0.4) is 0 Å². The van der Waals surface area contributed by atoms with Gasteiger partial charge in [-0.2, -0.15) is 0 Å². The summed E-state index contributed by atoms with van der Waals surface area (Å²) >= 11 is 0. The Morgan fingerprint density at radius 1 is 1.33 bits per heavy atom. The van der Waals surface area contributed by atoms with E-state index in [1.165, 1.54) is 25.1 Å². The van der Waals surface area contributed by atoms with Crippen molar-refractivity contribution in [1.82, 2.24) is 4.90 Å². The molecular weight excluding hydrogens is 218 g/mol. The van der Waals surface area contributed by atoms with Gasteiger partial charge in [0.1, 0.15) is 0 Å². The van der Waals surface area contributed by atoms with Crippen LogP contribution in [0.1, 0.15) is 50.3 Å². The lowest BCUT2D eigenvalue weighted by Gasteiger charge is -2.28. The predicted octanol–water partition coefficient (Wildman–Crippen LogP) is 4.38. The number of nitrogens with zero attached hydrogens (tertiary/aromatic N) is 1. The van der Waals surface area contributed by atoms with Crippen LogP contribution in [0.15, 0.2) is 30.9 Å². The average molecular weight is 245 g/mol. The summed E-state index contributed by atoms with van der Waals surface area (Å²) in [7, 11) is 0. The molecule has 0 fully saturated rings. The van der Waals surface area contributed by atoms with Crippen molar-refractivity contribution in [2.45, 2.75) is 46.6 Å². The maximum atomic E-state index is 3.36. The van der Waals surface area contributed by atoms with Gasteiger partial charge in [0.25, 0.3) is 0 Å². The number of fused-ring (bicyclic) bond motifs is 1. The van der Waals surface area contributed by atoms with Gasteiger partial charge in [0.15, 0.2) is 0 Å². The minimum Gasteiger partial charge on any atom is -0.299 e. The third-order valence-electron chi connectivity index (χ3n) is 3.44. The van der Waals surface area contributed by atoms with Crippen molar-refractivity contribution in [2.24, 2.45) is 0 Å². The van der Waals surface area contributed by atoms with Crippen molar-refractivity contribution < 1.29 is 0 Å². The highest BCUT2D eigenvalue weighted by molar-refractivity contribution is 5.35. The molecule has 0 atom stereocenters. The van der Waals surface area contributed by atoms with Crippen LogP contribution in [0, 0.1) is 0 Å². The van der Waals surface area contributed by atoms with Gasteiger partial charge in [0.2, 0.25) is 0 Å². The molecule has 1 heteroatoms. The smallest absolute Gasteiger partial charge is 0.0236 e. The monoisotopic (exact) mass is 245 g/mol. The molecular formula is C17H27N. The zero-order valence-corrected chi connectivity index (χ0v) is 12.4. The first-order valence-corrected chi connectivity index (χ1v) is 7.03. The molecule has 0 amide bonds. The molecule has 0 N–H and O–H groups in total. The van der Waals surface area contributed by atoms with E-state index in [2.05, 4.69) is 50.4 Å². The van der Waals surface area contributed by atoms with Crippen LogP contribution in [0.5, 0.6) is 0 Å². The molecule has 1 heterocycles. The van der Waals surface area contributed by atoms with Crippen LogP contribution in [0.25, 0.3) is 0 Å². The third kappa shape index (κ3) is 3.99. The molecule has 0 saturated carbocycles. The topological polar surface area (TPSA) is 3.24 Å². The Bertz CT molecular complexity index is 379. The number of allylic oxidation sites excluding steroid dienone is 1. The second-order valence-electron chi connectivity index (χ2n) is 5.21. The molecule has 0 spiro atoms. The van der Waals surface area contributed by atoms with E-state index in [1.54, 1.807) is 17.2 Å². The van der Waals surface area contributed by atoms with E-state index in [0.717, 1.165) is 6.54 Å². The van der Waals surface area contributed by atoms with E-state index in [1.807, 2.05) is 6.92 Å². The molecule has 0 aromatic heterocycles. The van der Waals surface area contributed by atoms with Crippen molar-refractivity contribution in [2.75, 3.05) is 13.1 Å². The van der Waals surface area contributed by atoms with Gasteiger partial charge in [-0.1, -0.05) is 45.0 Å². The maximum absolute atomic E-state index is 3.36. The highest BCUT2D eigenvalue weighted by Gasteiger charge is 2.15. The summed E-state index contributed by atoms with van der Waals surface area (Å²) in [5.41, 5.74) is 4.59. The number of hydrogen-bond donors (Lipinski definition) is 0. The Labute approximate surface area is 113 Å². The average Bonchev–Trinajstić information content (AvgIpc) is 2.38. The Morgan fingerprint density at radius 2 is 2.00 bits per heavy atom. The van der Waals surface area contributed by atoms with Crippen molar-refractivity contribution in [1.29, 1.82) is 0 Å². The van der Waals surface area contributed by atoms with Crippen molar-refractivity contribution in [3.8, 4) is 0 Å². The van der Waals surface area contributed by atoms with Gasteiger partial charge < -0.3 is 0 Å². The van der Waals surface area contributed by atoms with Gasteiger partial charge in [-0.3, -0.25) is 4.90 Å². The zero-order valence-electron chi connectivity index (χ0n) is 12.4. The van der Waals surface area contributed by atoms with E-state index >= 15 is 0 Å². The van der Waals surface area contributed by atoms with E-state index in [0.29, 0.717) is 5.92 Å². The number of rotatable bonds is 2. The van der Waals surface area contributed by atoms with Gasteiger partial charge in [-0.15, -0.1) is 6.58 Å². The van der Waals surface area contributed by atoms with E-state index in [4.69, 9.17) is 0 Å². The minimum absolute atomic E-state index is 0.646. The molecule has 0 radical (unpaired) electrons. The molecule has 1 nitrogen and oxygen atoms in total. The second-order valence-corrected chi connectivity index (χ2v) is 5.21. The molecule has 1 aliphatic heterocycles. The van der Waals surface area contributed by atoms with Gasteiger partial charge in [0.05, 0.1) is 0 Å². The molecule has 0 unspecified atom stereocenters. The first kappa shape index (κ1) is 15.0. The lowest BCUT2D eigenvalue weighted by molar-refractivity contribution is 0.268. The molecule has 2 rings (SSSR count). The molecule has 1 aromatic carbocycles. The van der Waals surface area contributed by atoms with Gasteiger partial charge in [0, 0.05) is 13.1 Å². The molecule has 0 bridgehead atoms. The fraction of sp³-hybridized carbons (Fsp3) is 0.529. The standard InChI is InChI=1S/C14H21N.C3H6/c1-4-15-8-7-12-5-6-13(11(2)3)9-14(12)10-15;1-3-2/h5-6,9,11H,4,7-8,10H2,1-3H3;3H,1H2,2H3. The summed E-state index contributed by atoms with van der Waals surface area (Å²) in [6.07, 6.45) is 2.97. The summed E-state index contributed by atoms with van der Waals surface area (Å²) in [6.45, 7) is 15.6. The molecule has 0 aliphatic carbocycles. The van der Waals surface area contributed by atoms with Crippen LogP contribution < -0.4 is 0 Å². The molecule has 0 saturated heterocycles. The van der Waals surface area contributed by atoms with E-state index < -0.39 is 0 Å². The van der Waals surface area contributed by atoms with Gasteiger partial charge in [-0.25, -0.2) is 0 Å². The quantitative estimate of drug-likeness (QED) is 0.699. The third-order valence-corrected chi connectivity index (χ3v) is 3.44. The Hall–Kier alpha value is -1.08. The first-order valence-electron chi connectivity index (χ1n) is 7.03. The molecule has 1 aromatic rings. The minimum atomic E-state index is 0.646. The van der Waals surface area contributed by atoms with Gasteiger partial charge in [-0.05, 0) is 42.5 Å². The lowest BCUT2D eigenvalue weighted by atomic mass is 9.93. The number of likely N-dealkylation sites (N-methyl/N-ethyl adjacent to an activating group) is 1. The summed E-state index contributed by atoms with van der Waals surface area (Å²) in [5, 5.41) is 0. The lowest BCUT2D eigenvalue weighted by Crippen LogP contribution is -2.30. The second kappa shape index (κ2) is 7.38. The van der Waals surface area contributed by atoms with Crippen LogP contribution in [-0.2, 0) is 13.0 Å². The van der Waals surface area contributed by atoms with Crippen LogP contribution in [0.2, 0.25) is 0 Å². The van der Waals surface area contributed by atoms with Crippen LogP contribution in [0.4, 0.5) is 0 Å². The fourth-order valence-electron chi connectivity index (χ4n) is 2.26. The Balaban J connectivity index is 0.000000492. The zero-order chi connectivity index (χ0) is 13.5. The van der Waals surface area contributed by atoms with Crippen LogP contribution >= 0.6 is 0 Å². The normalized spacial score (nSPS) is 14.7. The molecule has 100 valence electrons. The van der Waals surface area contributed by atoms with E-state index in [-0.39, 0.29) is 0 Å². The van der Waals surface area contributed by atoms with E-state index in [9.17, 15) is 0 Å². The fourth-order valence-corrected chi connectivity index (χ4v) is 2.26.